The minimum absolute atomic E-state index is 0.113. The Morgan fingerprint density at radius 1 is 0.784 bits per heavy atom. The molecule has 1 unspecified atom stereocenters. The minimum Gasteiger partial charge on any atom is -0.340 e. The summed E-state index contributed by atoms with van der Waals surface area (Å²) in [6, 6.07) is 27.0. The molecule has 0 spiro atoms. The fourth-order valence-corrected chi connectivity index (χ4v) is 6.93. The van der Waals surface area contributed by atoms with Crippen molar-refractivity contribution in [1.82, 2.24) is 15.1 Å². The zero-order valence-corrected chi connectivity index (χ0v) is 29.4. The van der Waals surface area contributed by atoms with Gasteiger partial charge >= 0.3 is 0 Å². The number of amides is 5. The Morgan fingerprint density at radius 2 is 1.37 bits per heavy atom. The second-order valence-electron chi connectivity index (χ2n) is 13.0. The predicted molar refractivity (Wildman–Crippen MR) is 198 cm³/mol. The van der Waals surface area contributed by atoms with Gasteiger partial charge in [0.15, 0.2) is 0 Å². The number of imide groups is 1. The molecule has 6 rings (SSSR count). The lowest BCUT2D eigenvalue weighted by Gasteiger charge is -2.35. The maximum absolute atomic E-state index is 13.3. The van der Waals surface area contributed by atoms with Crippen molar-refractivity contribution < 1.29 is 24.0 Å². The zero-order chi connectivity index (χ0) is 36.1. The second kappa shape index (κ2) is 15.3. The Balaban J connectivity index is 1.06. The van der Waals surface area contributed by atoms with Gasteiger partial charge < -0.3 is 15.5 Å². The summed E-state index contributed by atoms with van der Waals surface area (Å²) in [6.45, 7) is 7.45. The van der Waals surface area contributed by atoms with Gasteiger partial charge in [-0.1, -0.05) is 54.9 Å². The lowest BCUT2D eigenvalue weighted by Crippen LogP contribution is -2.51. The highest BCUT2D eigenvalue weighted by Crippen LogP contribution is 2.36. The van der Waals surface area contributed by atoms with Gasteiger partial charge in [-0.2, -0.15) is 0 Å². The Hall–Kier alpha value is -5.32. The summed E-state index contributed by atoms with van der Waals surface area (Å²) in [5.41, 5.74) is 4.67. The fourth-order valence-electron chi connectivity index (χ4n) is 6.71. The topological polar surface area (TPSA) is 128 Å². The van der Waals surface area contributed by atoms with Gasteiger partial charge in [-0.05, 0) is 84.1 Å². The van der Waals surface area contributed by atoms with Gasteiger partial charge in [0.05, 0.1) is 5.41 Å². The van der Waals surface area contributed by atoms with Crippen LogP contribution in [0.15, 0.2) is 91.0 Å². The second-order valence-corrected chi connectivity index (χ2v) is 13.5. The third-order valence-electron chi connectivity index (χ3n) is 9.89. The van der Waals surface area contributed by atoms with Gasteiger partial charge in [-0.3, -0.25) is 34.2 Å². The summed E-state index contributed by atoms with van der Waals surface area (Å²) in [5, 5.41) is 8.77. The molecule has 51 heavy (non-hydrogen) atoms. The summed E-state index contributed by atoms with van der Waals surface area (Å²) in [7, 11) is 0. The van der Waals surface area contributed by atoms with E-state index in [-0.39, 0.29) is 36.0 Å². The van der Waals surface area contributed by atoms with Crippen molar-refractivity contribution in [1.29, 1.82) is 0 Å². The van der Waals surface area contributed by atoms with Crippen molar-refractivity contribution in [2.24, 2.45) is 0 Å². The number of carbonyl (C=O) groups is 5. The SMILES string of the molecule is CCC1(c2ccc(NC(=O)c3ccc(Cl)c(-c4ccc(C(=O)Nc5ccc(CN6CCN(C(C)=O)CC6)cc5)cc4)c3)cc2)CCC(=O)NC1=O. The number of piperazine rings is 1. The van der Waals surface area contributed by atoms with Crippen LogP contribution < -0.4 is 16.0 Å². The highest BCUT2D eigenvalue weighted by atomic mass is 35.5. The standard InChI is InChI=1S/C40H40ClN5O5/c1-3-40(19-18-36(48)44-39(40)51)31-11-15-33(16-12-31)43-38(50)30-10-17-35(41)34(24-30)28-6-8-29(9-7-28)37(49)42-32-13-4-27(5-14-32)25-45-20-22-46(23-21-45)26(2)47/h4-17,24H,3,18-23,25H2,1-2H3,(H,42,49)(H,43,50)(H,44,48,51). The molecule has 0 radical (unpaired) electrons. The number of carbonyl (C=O) groups excluding carboxylic acids is 5. The van der Waals surface area contributed by atoms with Crippen molar-refractivity contribution in [3.8, 4) is 11.1 Å². The molecule has 2 heterocycles. The van der Waals surface area contributed by atoms with E-state index < -0.39 is 5.41 Å². The number of nitrogens with zero attached hydrogens (tertiary/aromatic N) is 2. The van der Waals surface area contributed by atoms with Gasteiger partial charge in [0.25, 0.3) is 11.8 Å². The van der Waals surface area contributed by atoms with Crippen LogP contribution in [0.2, 0.25) is 5.02 Å². The van der Waals surface area contributed by atoms with E-state index in [1.165, 1.54) is 0 Å². The molecule has 4 aromatic carbocycles. The van der Waals surface area contributed by atoms with Crippen LogP contribution in [0.25, 0.3) is 11.1 Å². The van der Waals surface area contributed by atoms with Crippen LogP contribution in [0.1, 0.15) is 65.0 Å². The molecule has 0 aliphatic carbocycles. The zero-order valence-electron chi connectivity index (χ0n) is 28.6. The van der Waals surface area contributed by atoms with Crippen molar-refractivity contribution in [3.05, 3.63) is 118 Å². The van der Waals surface area contributed by atoms with Gasteiger partial charge in [-0.15, -0.1) is 0 Å². The van der Waals surface area contributed by atoms with Gasteiger partial charge in [0.1, 0.15) is 0 Å². The smallest absolute Gasteiger partial charge is 0.255 e. The molecule has 11 heteroatoms. The maximum atomic E-state index is 13.3. The molecule has 1 atom stereocenters. The molecule has 0 bridgehead atoms. The largest absolute Gasteiger partial charge is 0.340 e. The van der Waals surface area contributed by atoms with Crippen LogP contribution in [-0.4, -0.2) is 65.5 Å². The van der Waals surface area contributed by atoms with Crippen LogP contribution in [0.5, 0.6) is 0 Å². The highest BCUT2D eigenvalue weighted by molar-refractivity contribution is 6.33. The molecule has 4 aromatic rings. The first-order valence-electron chi connectivity index (χ1n) is 17.1. The normalized spacial score (nSPS) is 17.8. The number of piperidine rings is 1. The van der Waals surface area contributed by atoms with E-state index in [0.717, 1.165) is 49.4 Å². The number of halogens is 1. The first kappa shape index (κ1) is 35.5. The molecular formula is C40H40ClN5O5. The molecule has 10 nitrogen and oxygen atoms in total. The van der Waals surface area contributed by atoms with Crippen molar-refractivity contribution >= 4 is 52.5 Å². The molecular weight excluding hydrogens is 666 g/mol. The monoisotopic (exact) mass is 705 g/mol. The quantitative estimate of drug-likeness (QED) is 0.177. The molecule has 2 fully saturated rings. The van der Waals surface area contributed by atoms with E-state index in [2.05, 4.69) is 20.9 Å². The van der Waals surface area contributed by atoms with E-state index in [0.29, 0.717) is 45.9 Å². The van der Waals surface area contributed by atoms with Gasteiger partial charge in [-0.25, -0.2) is 0 Å². The van der Waals surface area contributed by atoms with Gasteiger partial charge in [0, 0.05) is 79.2 Å². The number of nitrogens with one attached hydrogen (secondary N) is 3. The van der Waals surface area contributed by atoms with Crippen LogP contribution in [0, 0.1) is 0 Å². The lowest BCUT2D eigenvalue weighted by molar-refractivity contribution is -0.138. The van der Waals surface area contributed by atoms with E-state index >= 15 is 0 Å². The Kier molecular flexibility index (Phi) is 10.6. The summed E-state index contributed by atoms with van der Waals surface area (Å²) in [6.07, 6.45) is 1.28. The third-order valence-corrected chi connectivity index (χ3v) is 10.2. The molecule has 3 N–H and O–H groups in total. The Labute approximate surface area is 302 Å². The number of anilines is 2. The molecule has 2 aliphatic rings. The predicted octanol–water partition coefficient (Wildman–Crippen LogP) is 6.26. The molecule has 2 aliphatic heterocycles. The highest BCUT2D eigenvalue weighted by Gasteiger charge is 2.42. The molecule has 2 saturated heterocycles. The van der Waals surface area contributed by atoms with Gasteiger partial charge in [0.2, 0.25) is 17.7 Å². The molecule has 262 valence electrons. The molecule has 0 saturated carbocycles. The van der Waals surface area contributed by atoms with Crippen molar-refractivity contribution in [2.75, 3.05) is 36.8 Å². The summed E-state index contributed by atoms with van der Waals surface area (Å²) in [5.74, 6) is -1.02. The number of hydrogen-bond acceptors (Lipinski definition) is 6. The summed E-state index contributed by atoms with van der Waals surface area (Å²) >= 11 is 6.55. The van der Waals surface area contributed by atoms with E-state index in [1.807, 2.05) is 48.2 Å². The van der Waals surface area contributed by atoms with E-state index in [4.69, 9.17) is 11.6 Å². The average Bonchev–Trinajstić information content (AvgIpc) is 3.13. The average molecular weight is 706 g/mol. The summed E-state index contributed by atoms with van der Waals surface area (Å²) < 4.78 is 0. The Morgan fingerprint density at radius 3 is 1.96 bits per heavy atom. The van der Waals surface area contributed by atoms with Crippen LogP contribution in [-0.2, 0) is 26.3 Å². The molecule has 5 amide bonds. The lowest BCUT2D eigenvalue weighted by atomic mass is 9.72. The maximum Gasteiger partial charge on any atom is 0.255 e. The minimum atomic E-state index is -0.778. The van der Waals surface area contributed by atoms with Crippen molar-refractivity contribution in [2.45, 2.75) is 45.1 Å². The number of hydrogen-bond donors (Lipinski definition) is 3. The fraction of sp³-hybridized carbons (Fsp3) is 0.275. The first-order valence-corrected chi connectivity index (χ1v) is 17.5. The number of rotatable bonds is 9. The van der Waals surface area contributed by atoms with E-state index in [1.54, 1.807) is 61.5 Å². The molecule has 0 aromatic heterocycles. The third kappa shape index (κ3) is 8.03. The van der Waals surface area contributed by atoms with Crippen LogP contribution in [0.3, 0.4) is 0 Å². The van der Waals surface area contributed by atoms with Crippen LogP contribution >= 0.6 is 11.6 Å². The number of benzene rings is 4. The van der Waals surface area contributed by atoms with E-state index in [9.17, 15) is 24.0 Å². The van der Waals surface area contributed by atoms with Crippen molar-refractivity contribution in [3.63, 3.8) is 0 Å². The Bertz CT molecular complexity index is 1950. The van der Waals surface area contributed by atoms with Crippen LogP contribution in [0.4, 0.5) is 11.4 Å². The first-order chi connectivity index (χ1) is 24.5. The summed E-state index contributed by atoms with van der Waals surface area (Å²) in [4.78, 5) is 66.5.